The monoisotopic (exact) mass is 247 g/mol. The Morgan fingerprint density at radius 2 is 2.33 bits per heavy atom. The van der Waals surface area contributed by atoms with Crippen LogP contribution in [0.15, 0.2) is 30.7 Å². The molecule has 0 saturated heterocycles. The molecule has 0 unspecified atom stereocenters. The predicted molar refractivity (Wildman–Crippen MR) is 63.9 cm³/mol. The van der Waals surface area contributed by atoms with Crippen molar-refractivity contribution in [1.82, 2.24) is 14.8 Å². The second-order valence-corrected chi connectivity index (χ2v) is 3.45. The average Bonchev–Trinajstić information content (AvgIpc) is 2.89. The molecule has 2 heterocycles. The molecule has 2 rings (SSSR count). The molecule has 0 amide bonds. The number of methoxy groups -OCH3 is 1. The number of esters is 1. The van der Waals surface area contributed by atoms with E-state index in [2.05, 4.69) is 10.1 Å². The molecule has 0 fully saturated rings. The minimum absolute atomic E-state index is 0.340. The number of pyridine rings is 1. The maximum absolute atomic E-state index is 11.5. The number of nitrogens with zero attached hydrogens (tertiary/aromatic N) is 3. The number of carbonyl (C=O) groups excluding carboxylic acids is 1. The van der Waals surface area contributed by atoms with E-state index in [0.29, 0.717) is 18.1 Å². The highest BCUT2D eigenvalue weighted by atomic mass is 16.5. The third-order valence-electron chi connectivity index (χ3n) is 2.29. The van der Waals surface area contributed by atoms with Crippen LogP contribution in [-0.4, -0.2) is 34.5 Å². The topological polar surface area (TPSA) is 66.2 Å². The van der Waals surface area contributed by atoms with Gasteiger partial charge in [-0.05, 0) is 13.0 Å². The van der Waals surface area contributed by atoms with Crippen LogP contribution in [0.2, 0.25) is 0 Å². The van der Waals surface area contributed by atoms with Crippen molar-refractivity contribution in [1.29, 1.82) is 0 Å². The van der Waals surface area contributed by atoms with Crippen LogP contribution in [0.25, 0.3) is 5.69 Å². The first-order valence-corrected chi connectivity index (χ1v) is 5.46. The van der Waals surface area contributed by atoms with Crippen molar-refractivity contribution in [3.63, 3.8) is 0 Å². The van der Waals surface area contributed by atoms with Gasteiger partial charge in [-0.15, -0.1) is 0 Å². The Balaban J connectivity index is 2.26. The van der Waals surface area contributed by atoms with Gasteiger partial charge in [-0.3, -0.25) is 0 Å². The van der Waals surface area contributed by atoms with Gasteiger partial charge in [-0.1, -0.05) is 0 Å². The molecule has 0 N–H and O–H groups in total. The smallest absolute Gasteiger partial charge is 0.341 e. The van der Waals surface area contributed by atoms with Crippen LogP contribution >= 0.6 is 0 Å². The molecule has 0 atom stereocenters. The second kappa shape index (κ2) is 5.31. The maximum atomic E-state index is 11.5. The molecule has 0 aliphatic rings. The highest BCUT2D eigenvalue weighted by molar-refractivity contribution is 5.88. The van der Waals surface area contributed by atoms with E-state index in [1.165, 1.54) is 6.20 Å². The van der Waals surface area contributed by atoms with E-state index in [1.807, 2.05) is 0 Å². The zero-order chi connectivity index (χ0) is 13.0. The Bertz CT molecular complexity index is 551. The van der Waals surface area contributed by atoms with E-state index in [-0.39, 0.29) is 5.97 Å². The number of aromatic nitrogens is 3. The molecule has 6 heteroatoms. The van der Waals surface area contributed by atoms with Gasteiger partial charge in [0.15, 0.2) is 0 Å². The highest BCUT2D eigenvalue weighted by Crippen LogP contribution is 2.13. The van der Waals surface area contributed by atoms with E-state index in [9.17, 15) is 4.79 Å². The molecule has 0 aromatic carbocycles. The average molecular weight is 247 g/mol. The standard InChI is InChI=1S/C12H13N3O3/c1-3-18-12(16)9-7-14-15(8-9)10-4-5-13-11(6-10)17-2/h4-8H,3H2,1-2H3. The van der Waals surface area contributed by atoms with Gasteiger partial charge in [0.05, 0.1) is 31.2 Å². The lowest BCUT2D eigenvalue weighted by Crippen LogP contribution is -2.03. The maximum Gasteiger partial charge on any atom is 0.341 e. The fourth-order valence-electron chi connectivity index (χ4n) is 1.44. The van der Waals surface area contributed by atoms with E-state index in [4.69, 9.17) is 9.47 Å². The molecule has 0 spiro atoms. The molecule has 2 aromatic heterocycles. The molecule has 0 radical (unpaired) electrons. The SMILES string of the molecule is CCOC(=O)c1cnn(-c2ccnc(OC)c2)c1. The molecule has 2 aromatic rings. The molecular formula is C12H13N3O3. The van der Waals surface area contributed by atoms with Crippen molar-refractivity contribution in [2.45, 2.75) is 6.92 Å². The van der Waals surface area contributed by atoms with Crippen molar-refractivity contribution >= 4 is 5.97 Å². The summed E-state index contributed by atoms with van der Waals surface area (Å²) in [5.74, 6) is 0.102. The first-order valence-electron chi connectivity index (χ1n) is 5.46. The van der Waals surface area contributed by atoms with Gasteiger partial charge in [-0.25, -0.2) is 14.5 Å². The quantitative estimate of drug-likeness (QED) is 0.765. The third kappa shape index (κ3) is 2.48. The molecule has 0 saturated carbocycles. The largest absolute Gasteiger partial charge is 0.481 e. The first-order chi connectivity index (χ1) is 8.74. The molecule has 0 aliphatic carbocycles. The van der Waals surface area contributed by atoms with Crippen LogP contribution in [0.3, 0.4) is 0 Å². The third-order valence-corrected chi connectivity index (χ3v) is 2.29. The van der Waals surface area contributed by atoms with Crippen LogP contribution < -0.4 is 4.74 Å². The lowest BCUT2D eigenvalue weighted by Gasteiger charge is -2.03. The molecule has 6 nitrogen and oxygen atoms in total. The van der Waals surface area contributed by atoms with Crippen molar-refractivity contribution in [3.8, 4) is 11.6 Å². The summed E-state index contributed by atoms with van der Waals surface area (Å²) in [4.78, 5) is 15.5. The van der Waals surface area contributed by atoms with Crippen molar-refractivity contribution in [3.05, 3.63) is 36.3 Å². The number of hydrogen-bond donors (Lipinski definition) is 0. The minimum Gasteiger partial charge on any atom is -0.481 e. The van der Waals surface area contributed by atoms with Gasteiger partial charge >= 0.3 is 5.97 Å². The summed E-state index contributed by atoms with van der Waals surface area (Å²) in [5, 5.41) is 4.10. The zero-order valence-electron chi connectivity index (χ0n) is 10.2. The van der Waals surface area contributed by atoms with Gasteiger partial charge in [0.2, 0.25) is 5.88 Å². The Hall–Kier alpha value is -2.37. The Labute approximate surface area is 104 Å². The molecule has 18 heavy (non-hydrogen) atoms. The lowest BCUT2D eigenvalue weighted by molar-refractivity contribution is 0.0526. The Morgan fingerprint density at radius 3 is 3.06 bits per heavy atom. The zero-order valence-corrected chi connectivity index (χ0v) is 10.2. The van der Waals surface area contributed by atoms with Crippen LogP contribution in [0.4, 0.5) is 0 Å². The van der Waals surface area contributed by atoms with Crippen molar-refractivity contribution < 1.29 is 14.3 Å². The van der Waals surface area contributed by atoms with Gasteiger partial charge in [0.1, 0.15) is 0 Å². The Morgan fingerprint density at radius 1 is 1.50 bits per heavy atom. The summed E-state index contributed by atoms with van der Waals surface area (Å²) in [7, 11) is 1.54. The van der Waals surface area contributed by atoms with Gasteiger partial charge in [0, 0.05) is 18.5 Å². The lowest BCUT2D eigenvalue weighted by atomic mass is 10.3. The summed E-state index contributed by atoms with van der Waals surface area (Å²) in [5.41, 5.74) is 1.17. The number of carbonyl (C=O) groups is 1. The van der Waals surface area contributed by atoms with Crippen LogP contribution in [0.1, 0.15) is 17.3 Å². The Kier molecular flexibility index (Phi) is 3.57. The fourth-order valence-corrected chi connectivity index (χ4v) is 1.44. The molecule has 0 aliphatic heterocycles. The van der Waals surface area contributed by atoms with Crippen LogP contribution in [0.5, 0.6) is 5.88 Å². The van der Waals surface area contributed by atoms with E-state index >= 15 is 0 Å². The van der Waals surface area contributed by atoms with Crippen LogP contribution in [0, 0.1) is 0 Å². The normalized spacial score (nSPS) is 10.1. The van der Waals surface area contributed by atoms with Crippen LogP contribution in [-0.2, 0) is 4.74 Å². The van der Waals surface area contributed by atoms with Gasteiger partial charge in [-0.2, -0.15) is 5.10 Å². The fraction of sp³-hybridized carbons (Fsp3) is 0.250. The van der Waals surface area contributed by atoms with E-state index in [1.54, 1.807) is 43.2 Å². The van der Waals surface area contributed by atoms with Gasteiger partial charge < -0.3 is 9.47 Å². The molecule has 94 valence electrons. The number of rotatable bonds is 4. The molecular weight excluding hydrogens is 234 g/mol. The second-order valence-electron chi connectivity index (χ2n) is 3.45. The summed E-state index contributed by atoms with van der Waals surface area (Å²) in [6, 6.07) is 3.49. The van der Waals surface area contributed by atoms with Gasteiger partial charge in [0.25, 0.3) is 0 Å². The number of ether oxygens (including phenoxy) is 2. The summed E-state index contributed by atoms with van der Waals surface area (Å²) >= 11 is 0. The molecule has 0 bridgehead atoms. The highest BCUT2D eigenvalue weighted by Gasteiger charge is 2.10. The number of hydrogen-bond acceptors (Lipinski definition) is 5. The van der Waals surface area contributed by atoms with E-state index < -0.39 is 0 Å². The van der Waals surface area contributed by atoms with E-state index in [0.717, 1.165) is 5.69 Å². The minimum atomic E-state index is -0.384. The summed E-state index contributed by atoms with van der Waals surface area (Å²) < 4.78 is 11.5. The van der Waals surface area contributed by atoms with Crippen molar-refractivity contribution in [2.24, 2.45) is 0 Å². The first kappa shape index (κ1) is 12.1. The van der Waals surface area contributed by atoms with Crippen molar-refractivity contribution in [2.75, 3.05) is 13.7 Å². The predicted octanol–water partition coefficient (Wildman–Crippen LogP) is 1.45. The summed E-state index contributed by atoms with van der Waals surface area (Å²) in [6.07, 6.45) is 4.68. The summed E-state index contributed by atoms with van der Waals surface area (Å²) in [6.45, 7) is 2.10.